The molecule has 3 atom stereocenters. The van der Waals surface area contributed by atoms with Crippen molar-refractivity contribution < 1.29 is 19.3 Å². The lowest BCUT2D eigenvalue weighted by Gasteiger charge is -2.36. The zero-order valence-electron chi connectivity index (χ0n) is 14.5. The molecule has 25 heavy (non-hydrogen) atoms. The van der Waals surface area contributed by atoms with Crippen LogP contribution < -0.4 is 5.32 Å². The quantitative estimate of drug-likeness (QED) is 0.755. The number of β-amino-alcohol motifs (C(OH)–C–C–N with tert-alkyl or cyclic N) is 2. The third kappa shape index (κ3) is 3.46. The average Bonchev–Trinajstić information content (AvgIpc) is 3.12. The molecule has 0 radical (unpaired) electrons. The minimum Gasteiger partial charge on any atom is -0.389 e. The van der Waals surface area contributed by atoms with Crippen LogP contribution in [0.4, 0.5) is 4.39 Å². The number of nitrogens with zero attached hydrogens (tertiary/aromatic N) is 1. The van der Waals surface area contributed by atoms with Gasteiger partial charge in [0.25, 0.3) is 0 Å². The van der Waals surface area contributed by atoms with Crippen LogP contribution in [0.1, 0.15) is 30.7 Å². The first-order valence-corrected chi connectivity index (χ1v) is 9.21. The molecule has 138 valence electrons. The summed E-state index contributed by atoms with van der Waals surface area (Å²) in [5, 5.41) is 24.7. The number of benzene rings is 1. The van der Waals surface area contributed by atoms with Crippen LogP contribution in [0.2, 0.25) is 0 Å². The van der Waals surface area contributed by atoms with Gasteiger partial charge in [0.2, 0.25) is 0 Å². The van der Waals surface area contributed by atoms with Crippen molar-refractivity contribution in [3.8, 4) is 0 Å². The van der Waals surface area contributed by atoms with Gasteiger partial charge in [0.15, 0.2) is 0 Å². The van der Waals surface area contributed by atoms with E-state index in [1.54, 1.807) is 12.1 Å². The summed E-state index contributed by atoms with van der Waals surface area (Å²) in [5.41, 5.74) is -0.350. The highest BCUT2D eigenvalue weighted by atomic mass is 19.1. The average molecular weight is 350 g/mol. The first kappa shape index (κ1) is 17.4. The monoisotopic (exact) mass is 350 g/mol. The van der Waals surface area contributed by atoms with E-state index in [9.17, 15) is 14.6 Å². The number of rotatable bonds is 3. The van der Waals surface area contributed by atoms with Crippen LogP contribution in [0.5, 0.6) is 0 Å². The molecule has 0 saturated carbocycles. The molecule has 3 N–H and O–H groups in total. The summed E-state index contributed by atoms with van der Waals surface area (Å²) in [6.07, 6.45) is 1.59. The minimum atomic E-state index is -0.683. The summed E-state index contributed by atoms with van der Waals surface area (Å²) >= 11 is 0. The highest BCUT2D eigenvalue weighted by molar-refractivity contribution is 5.24. The van der Waals surface area contributed by atoms with Gasteiger partial charge in [-0.05, 0) is 50.0 Å². The Balaban J connectivity index is 1.43. The Kier molecular flexibility index (Phi) is 4.58. The number of aliphatic hydroxyl groups is 2. The Morgan fingerprint density at radius 2 is 2.12 bits per heavy atom. The van der Waals surface area contributed by atoms with Crippen molar-refractivity contribution >= 4 is 0 Å². The van der Waals surface area contributed by atoms with E-state index >= 15 is 0 Å². The maximum Gasteiger partial charge on any atom is 0.123 e. The van der Waals surface area contributed by atoms with Gasteiger partial charge in [-0.3, -0.25) is 4.90 Å². The molecular weight excluding hydrogens is 323 g/mol. The molecule has 3 heterocycles. The molecule has 0 unspecified atom stereocenters. The standard InChI is InChI=1S/C19H27FN2O3/c20-16-3-1-2-14(8-16)15-9-19(25-11-15)13-22(10-17(19)23)12-18(24)4-6-21-7-5-18/h1-3,8,15,17,21,23-24H,4-7,9-13H2/t15-,17+,19+/m0/s1. The van der Waals surface area contributed by atoms with Crippen molar-refractivity contribution in [2.45, 2.75) is 42.5 Å². The number of hydrogen-bond donors (Lipinski definition) is 3. The normalized spacial score (nSPS) is 35.5. The number of hydrogen-bond acceptors (Lipinski definition) is 5. The molecule has 1 aromatic rings. The van der Waals surface area contributed by atoms with Gasteiger partial charge < -0.3 is 20.3 Å². The molecule has 6 heteroatoms. The molecule has 0 bridgehead atoms. The molecule has 1 aromatic carbocycles. The zero-order valence-corrected chi connectivity index (χ0v) is 14.5. The van der Waals surface area contributed by atoms with E-state index in [-0.39, 0.29) is 11.7 Å². The van der Waals surface area contributed by atoms with Gasteiger partial charge in [0.1, 0.15) is 11.4 Å². The van der Waals surface area contributed by atoms with Crippen LogP contribution in [-0.2, 0) is 4.74 Å². The van der Waals surface area contributed by atoms with Crippen molar-refractivity contribution in [2.75, 3.05) is 39.3 Å². The minimum absolute atomic E-state index is 0.104. The van der Waals surface area contributed by atoms with Crippen molar-refractivity contribution in [1.29, 1.82) is 0 Å². The first-order valence-electron chi connectivity index (χ1n) is 9.21. The zero-order chi connectivity index (χ0) is 17.5. The van der Waals surface area contributed by atoms with Crippen LogP contribution in [-0.4, -0.2) is 71.7 Å². The van der Waals surface area contributed by atoms with E-state index in [0.717, 1.165) is 31.5 Å². The van der Waals surface area contributed by atoms with E-state index in [1.807, 2.05) is 6.07 Å². The largest absolute Gasteiger partial charge is 0.389 e. The van der Waals surface area contributed by atoms with Gasteiger partial charge in [-0.2, -0.15) is 0 Å². The van der Waals surface area contributed by atoms with E-state index in [0.29, 0.717) is 32.7 Å². The highest BCUT2D eigenvalue weighted by Gasteiger charge is 2.53. The third-order valence-electron chi connectivity index (χ3n) is 6.07. The first-order chi connectivity index (χ1) is 12.0. The highest BCUT2D eigenvalue weighted by Crippen LogP contribution is 2.42. The Hall–Kier alpha value is -1.05. The fourth-order valence-corrected chi connectivity index (χ4v) is 4.66. The number of aliphatic hydroxyl groups excluding tert-OH is 1. The molecule has 0 amide bonds. The van der Waals surface area contributed by atoms with Crippen molar-refractivity contribution in [1.82, 2.24) is 10.2 Å². The lowest BCUT2D eigenvalue weighted by atomic mass is 9.87. The number of halogens is 1. The number of nitrogens with one attached hydrogen (secondary N) is 1. The molecule has 4 rings (SSSR count). The predicted octanol–water partition coefficient (Wildman–Crippen LogP) is 0.859. The summed E-state index contributed by atoms with van der Waals surface area (Å²) < 4.78 is 19.6. The van der Waals surface area contributed by atoms with Crippen LogP contribution in [0.25, 0.3) is 0 Å². The number of likely N-dealkylation sites (tertiary alicyclic amines) is 1. The summed E-state index contributed by atoms with van der Waals surface area (Å²) in [4.78, 5) is 2.13. The second-order valence-electron chi connectivity index (χ2n) is 7.99. The maximum atomic E-state index is 13.5. The van der Waals surface area contributed by atoms with Crippen LogP contribution in [0, 0.1) is 5.82 Å². The van der Waals surface area contributed by atoms with Gasteiger partial charge in [-0.15, -0.1) is 0 Å². The lowest BCUT2D eigenvalue weighted by Crippen LogP contribution is -2.50. The summed E-state index contributed by atoms with van der Waals surface area (Å²) in [5.74, 6) is -0.132. The molecule has 0 aromatic heterocycles. The van der Waals surface area contributed by atoms with Gasteiger partial charge in [0, 0.05) is 25.6 Å². The molecule has 5 nitrogen and oxygen atoms in total. The van der Waals surface area contributed by atoms with Crippen molar-refractivity contribution in [3.05, 3.63) is 35.6 Å². The molecular formula is C19H27FN2O3. The predicted molar refractivity (Wildman–Crippen MR) is 91.9 cm³/mol. The second-order valence-corrected chi connectivity index (χ2v) is 7.99. The van der Waals surface area contributed by atoms with Gasteiger partial charge in [-0.25, -0.2) is 4.39 Å². The molecule has 1 spiro atoms. The molecule has 3 saturated heterocycles. The summed E-state index contributed by atoms with van der Waals surface area (Å²) in [7, 11) is 0. The van der Waals surface area contributed by atoms with Crippen molar-refractivity contribution in [2.24, 2.45) is 0 Å². The molecule has 3 fully saturated rings. The second kappa shape index (κ2) is 6.59. The Morgan fingerprint density at radius 1 is 1.32 bits per heavy atom. The molecule has 3 aliphatic heterocycles. The smallest absolute Gasteiger partial charge is 0.123 e. The van der Waals surface area contributed by atoms with Gasteiger partial charge in [-0.1, -0.05) is 12.1 Å². The topological polar surface area (TPSA) is 65.0 Å². The van der Waals surface area contributed by atoms with Crippen LogP contribution in [0.15, 0.2) is 24.3 Å². The fraction of sp³-hybridized carbons (Fsp3) is 0.684. The lowest BCUT2D eigenvalue weighted by molar-refractivity contribution is -0.0613. The van der Waals surface area contributed by atoms with Crippen LogP contribution >= 0.6 is 0 Å². The molecule has 3 aliphatic rings. The van der Waals surface area contributed by atoms with E-state index in [1.165, 1.54) is 6.07 Å². The Bertz CT molecular complexity index is 622. The van der Waals surface area contributed by atoms with E-state index < -0.39 is 17.3 Å². The number of ether oxygens (including phenoxy) is 1. The van der Waals surface area contributed by atoms with Crippen LogP contribution in [0.3, 0.4) is 0 Å². The van der Waals surface area contributed by atoms with Crippen molar-refractivity contribution in [3.63, 3.8) is 0 Å². The summed E-state index contributed by atoms with van der Waals surface area (Å²) in [6.45, 7) is 3.87. The Labute approximate surface area is 147 Å². The molecule has 0 aliphatic carbocycles. The fourth-order valence-electron chi connectivity index (χ4n) is 4.66. The van der Waals surface area contributed by atoms with Gasteiger partial charge >= 0.3 is 0 Å². The number of piperidine rings is 1. The van der Waals surface area contributed by atoms with E-state index in [2.05, 4.69) is 10.2 Å². The Morgan fingerprint density at radius 3 is 2.88 bits per heavy atom. The SMILES string of the molecule is O[C@@H]1CN(CC2(O)CCNCC2)C[C@]12C[C@H](c1cccc(F)c1)CO2. The third-order valence-corrected chi connectivity index (χ3v) is 6.07. The summed E-state index contributed by atoms with van der Waals surface area (Å²) in [6, 6.07) is 6.65. The van der Waals surface area contributed by atoms with E-state index in [4.69, 9.17) is 4.74 Å². The maximum absolute atomic E-state index is 13.5. The van der Waals surface area contributed by atoms with Gasteiger partial charge in [0.05, 0.1) is 18.3 Å².